The van der Waals surface area contributed by atoms with E-state index in [1.807, 2.05) is 36.4 Å². The molecule has 0 fully saturated rings. The van der Waals surface area contributed by atoms with Gasteiger partial charge in [-0.1, -0.05) is 34.0 Å². The maximum atomic E-state index is 8.41. The van der Waals surface area contributed by atoms with Crippen molar-refractivity contribution in [3.05, 3.63) is 86.5 Å². The summed E-state index contributed by atoms with van der Waals surface area (Å²) in [5.74, 6) is 0.341. The highest BCUT2D eigenvalue weighted by molar-refractivity contribution is 7.99. The predicted molar refractivity (Wildman–Crippen MR) is 111 cm³/mol. The summed E-state index contributed by atoms with van der Waals surface area (Å²) >= 11 is 7.63. The van der Waals surface area contributed by atoms with Gasteiger partial charge in [0.2, 0.25) is 0 Å². The van der Waals surface area contributed by atoms with Crippen molar-refractivity contribution in [1.29, 1.82) is 0 Å². The second-order valence-corrected chi connectivity index (χ2v) is 6.96. The molecule has 2 aromatic heterocycles. The van der Waals surface area contributed by atoms with Crippen molar-refractivity contribution in [2.24, 2.45) is 10.2 Å². The van der Waals surface area contributed by atoms with E-state index in [9.17, 15) is 0 Å². The molecule has 0 N–H and O–H groups in total. The van der Waals surface area contributed by atoms with E-state index in [1.54, 1.807) is 18.5 Å². The Balaban J connectivity index is 1.92. The third-order valence-corrected chi connectivity index (χ3v) is 4.82. The summed E-state index contributed by atoms with van der Waals surface area (Å²) in [6, 6.07) is 13.4. The fourth-order valence-corrected chi connectivity index (χ4v) is 3.26. The average molecular weight is 409 g/mol. The van der Waals surface area contributed by atoms with Gasteiger partial charge in [0.25, 0.3) is 0 Å². The summed E-state index contributed by atoms with van der Waals surface area (Å²) < 4.78 is 0. The minimum Gasteiger partial charge on any atom is -0.260 e. The Kier molecular flexibility index (Phi) is 6.73. The molecule has 0 aliphatic rings. The number of halogens is 1. The van der Waals surface area contributed by atoms with Crippen LogP contribution in [0.1, 0.15) is 5.69 Å². The molecule has 0 unspecified atom stereocenters. The Bertz CT molecular complexity index is 1060. The van der Waals surface area contributed by atoms with Crippen LogP contribution in [-0.4, -0.2) is 15.8 Å². The predicted octanol–water partition coefficient (Wildman–Crippen LogP) is 6.63. The summed E-state index contributed by atoms with van der Waals surface area (Å²) in [6.45, 7) is 0.201. The maximum Gasteiger partial charge on any atom is 0.0796 e. The Morgan fingerprint density at radius 1 is 0.929 bits per heavy atom. The van der Waals surface area contributed by atoms with Crippen LogP contribution in [0.3, 0.4) is 0 Å². The molecule has 0 bridgehead atoms. The van der Waals surface area contributed by atoms with E-state index in [-0.39, 0.29) is 6.54 Å². The Morgan fingerprint density at radius 2 is 1.68 bits per heavy atom. The van der Waals surface area contributed by atoms with Crippen molar-refractivity contribution in [3.63, 3.8) is 0 Å². The molecule has 0 saturated heterocycles. The second kappa shape index (κ2) is 9.64. The van der Waals surface area contributed by atoms with Gasteiger partial charge in [-0.2, -0.15) is 0 Å². The molecule has 0 aliphatic carbocycles. The number of aromatic nitrogens is 2. The molecule has 28 heavy (non-hydrogen) atoms. The number of pyridine rings is 2. The molecule has 3 rings (SSSR count). The van der Waals surface area contributed by atoms with Gasteiger partial charge in [-0.05, 0) is 47.0 Å². The Morgan fingerprint density at radius 3 is 2.36 bits per heavy atom. The zero-order chi connectivity index (χ0) is 19.8. The molecule has 0 spiro atoms. The molecule has 10 heteroatoms. The lowest BCUT2D eigenvalue weighted by atomic mass is 10.0. The van der Waals surface area contributed by atoms with Crippen LogP contribution >= 0.6 is 23.4 Å². The number of nitrogens with zero attached hydrogens (tertiary/aromatic N) is 8. The highest BCUT2D eigenvalue weighted by Gasteiger charge is 2.11. The topological polar surface area (TPSA) is 123 Å². The number of hydrogen-bond acceptors (Lipinski definition) is 5. The quantitative estimate of drug-likeness (QED) is 0.188. The van der Waals surface area contributed by atoms with Gasteiger partial charge >= 0.3 is 0 Å². The van der Waals surface area contributed by atoms with Crippen molar-refractivity contribution in [2.45, 2.75) is 11.4 Å². The largest absolute Gasteiger partial charge is 0.260 e. The first-order valence-corrected chi connectivity index (χ1v) is 9.43. The monoisotopic (exact) mass is 408 g/mol. The zero-order valence-electron chi connectivity index (χ0n) is 14.5. The van der Waals surface area contributed by atoms with Crippen molar-refractivity contribution < 1.29 is 0 Å². The number of hydrogen-bond donors (Lipinski definition) is 0. The smallest absolute Gasteiger partial charge is 0.0796 e. The van der Waals surface area contributed by atoms with Gasteiger partial charge in [-0.25, -0.2) is 0 Å². The van der Waals surface area contributed by atoms with Crippen molar-refractivity contribution in [1.82, 2.24) is 9.97 Å². The summed E-state index contributed by atoms with van der Waals surface area (Å²) in [6.07, 6.45) is 3.30. The highest BCUT2D eigenvalue weighted by atomic mass is 35.5. The van der Waals surface area contributed by atoms with Gasteiger partial charge in [-0.15, -0.1) is 11.8 Å². The highest BCUT2D eigenvalue weighted by Crippen LogP contribution is 2.33. The van der Waals surface area contributed by atoms with Crippen LogP contribution in [-0.2, 0) is 6.54 Å². The first kappa shape index (κ1) is 19.5. The molecule has 3 aromatic rings. The van der Waals surface area contributed by atoms with Gasteiger partial charge in [0.1, 0.15) is 0 Å². The lowest BCUT2D eigenvalue weighted by molar-refractivity contribution is 0.976. The van der Waals surface area contributed by atoms with Crippen LogP contribution in [0, 0.1) is 0 Å². The molecule has 0 amide bonds. The van der Waals surface area contributed by atoms with Gasteiger partial charge < -0.3 is 0 Å². The van der Waals surface area contributed by atoms with Crippen molar-refractivity contribution >= 4 is 23.4 Å². The maximum absolute atomic E-state index is 8.41. The summed E-state index contributed by atoms with van der Waals surface area (Å²) in [5, 5.41) is 7.57. The first-order valence-electron chi connectivity index (χ1n) is 8.07. The number of thioether (sulfide) groups is 1. The lowest BCUT2D eigenvalue weighted by Crippen LogP contribution is -1.92. The summed E-state index contributed by atoms with van der Waals surface area (Å²) in [7, 11) is 0. The molecule has 8 nitrogen and oxygen atoms in total. The Labute approximate surface area is 169 Å². The third kappa shape index (κ3) is 4.94. The third-order valence-electron chi connectivity index (χ3n) is 3.77. The normalized spacial score (nSPS) is 10.0. The molecular formula is C18H13ClN8S. The first-order chi connectivity index (χ1) is 13.7. The molecule has 1 aromatic carbocycles. The van der Waals surface area contributed by atoms with E-state index in [0.717, 1.165) is 27.3 Å². The molecule has 0 saturated carbocycles. The van der Waals surface area contributed by atoms with Gasteiger partial charge in [-0.3, -0.25) is 9.97 Å². The van der Waals surface area contributed by atoms with E-state index in [2.05, 4.69) is 30.0 Å². The average Bonchev–Trinajstić information content (AvgIpc) is 2.73. The molecule has 2 heterocycles. The minimum atomic E-state index is 0.201. The van der Waals surface area contributed by atoms with E-state index in [1.165, 1.54) is 11.8 Å². The zero-order valence-corrected chi connectivity index (χ0v) is 16.0. The number of azide groups is 2. The summed E-state index contributed by atoms with van der Waals surface area (Å²) in [4.78, 5) is 15.3. The van der Waals surface area contributed by atoms with Gasteiger partial charge in [0.15, 0.2) is 0 Å². The van der Waals surface area contributed by atoms with Gasteiger partial charge in [0, 0.05) is 43.9 Å². The summed E-state index contributed by atoms with van der Waals surface area (Å²) in [5.41, 5.74) is 20.9. The van der Waals surface area contributed by atoms with E-state index in [4.69, 9.17) is 22.7 Å². The van der Waals surface area contributed by atoms with Crippen LogP contribution < -0.4 is 0 Å². The second-order valence-electron chi connectivity index (χ2n) is 5.51. The SMILES string of the molecule is [N-]=[N+]=NCSc1ccc(-c2cc(Cl)cnc2-c2ccc(CN=[N+]=[N-])nc2)cc1. The fourth-order valence-electron chi connectivity index (χ4n) is 2.51. The molecular weight excluding hydrogens is 396 g/mol. The molecule has 0 aliphatic heterocycles. The molecule has 0 atom stereocenters. The van der Waals surface area contributed by atoms with Crippen LogP contribution in [0.15, 0.2) is 70.0 Å². The number of benzene rings is 1. The van der Waals surface area contributed by atoms with Crippen LogP contribution in [0.2, 0.25) is 5.02 Å². The molecule has 138 valence electrons. The van der Waals surface area contributed by atoms with Gasteiger partial charge in [0.05, 0.1) is 23.1 Å². The van der Waals surface area contributed by atoms with Crippen LogP contribution in [0.25, 0.3) is 43.3 Å². The lowest BCUT2D eigenvalue weighted by Gasteiger charge is -2.10. The minimum absolute atomic E-state index is 0.201. The van der Waals surface area contributed by atoms with Crippen molar-refractivity contribution in [3.8, 4) is 22.4 Å². The van der Waals surface area contributed by atoms with Crippen molar-refractivity contribution in [2.75, 3.05) is 5.88 Å². The number of rotatable bonds is 7. The van der Waals surface area contributed by atoms with E-state index in [0.29, 0.717) is 16.6 Å². The fraction of sp³-hybridized carbons (Fsp3) is 0.111. The van der Waals surface area contributed by atoms with Crippen LogP contribution in [0.4, 0.5) is 0 Å². The van der Waals surface area contributed by atoms with E-state index < -0.39 is 0 Å². The van der Waals surface area contributed by atoms with E-state index >= 15 is 0 Å². The standard InChI is InChI=1S/C18H13ClN8S/c19-14-7-17(12-2-5-16(6-3-12)28-11-25-27-21)18(23-9-14)13-1-4-15(22-8-13)10-24-26-20/h1-9H,10-11H2. The van der Waals surface area contributed by atoms with Crippen LogP contribution in [0.5, 0.6) is 0 Å². The molecule has 0 radical (unpaired) electrons. The Hall–Kier alpha value is -3.22.